The van der Waals surface area contributed by atoms with Gasteiger partial charge in [0.05, 0.1) is 11.8 Å². The Labute approximate surface area is 171 Å². The molecule has 1 aromatic heterocycles. The fourth-order valence-corrected chi connectivity index (χ4v) is 2.60. The van der Waals surface area contributed by atoms with E-state index in [1.54, 1.807) is 54.6 Å². The minimum absolute atomic E-state index is 0.147. The molecule has 3 rings (SSSR count). The quantitative estimate of drug-likeness (QED) is 0.241. The maximum absolute atomic E-state index is 12.1. The van der Waals surface area contributed by atoms with Gasteiger partial charge < -0.3 is 9.15 Å². The van der Waals surface area contributed by atoms with Crippen LogP contribution in [-0.4, -0.2) is 18.1 Å². The summed E-state index contributed by atoms with van der Waals surface area (Å²) in [5, 5.41) is 3.86. The van der Waals surface area contributed by atoms with Gasteiger partial charge in [-0.2, -0.15) is 5.10 Å². The highest BCUT2D eigenvalue weighted by Crippen LogP contribution is 2.16. The van der Waals surface area contributed by atoms with Gasteiger partial charge in [-0.3, -0.25) is 4.79 Å². The lowest BCUT2D eigenvalue weighted by Crippen LogP contribution is -2.16. The summed E-state index contributed by atoms with van der Waals surface area (Å²) >= 11 is 6.44. The number of carbonyl (C=O) groups excluding carboxylic acids is 2. The summed E-state index contributed by atoms with van der Waals surface area (Å²) in [5.41, 5.74) is 3.54. The summed E-state index contributed by atoms with van der Waals surface area (Å²) < 4.78 is 11.8. The Morgan fingerprint density at radius 2 is 1.67 bits per heavy atom. The first-order valence-corrected chi connectivity index (χ1v) is 9.26. The van der Waals surface area contributed by atoms with Crippen molar-refractivity contribution in [3.8, 4) is 5.75 Å². The fourth-order valence-electron chi connectivity index (χ4n) is 2.03. The Hall–Kier alpha value is -2.71. The van der Waals surface area contributed by atoms with Gasteiger partial charge >= 0.3 is 11.9 Å². The molecule has 0 spiro atoms. The predicted octanol–water partition coefficient (Wildman–Crippen LogP) is 4.79. The highest BCUT2D eigenvalue weighted by Gasteiger charge is 2.09. The van der Waals surface area contributed by atoms with Crippen LogP contribution in [0.25, 0.3) is 0 Å². The number of hydrogen-bond donors (Lipinski definition) is 1. The maximum atomic E-state index is 12.1. The molecule has 0 aliphatic rings. The largest absolute Gasteiger partial charge is 0.444 e. The number of nitrogens with zero attached hydrogens (tertiary/aromatic N) is 1. The number of halogens is 2. The lowest BCUT2D eigenvalue weighted by Gasteiger charge is -2.04. The summed E-state index contributed by atoms with van der Waals surface area (Å²) in [6.07, 6.45) is 1.47. The third-order valence-electron chi connectivity index (χ3n) is 3.35. The van der Waals surface area contributed by atoms with Crippen LogP contribution < -0.4 is 10.2 Å². The minimum Gasteiger partial charge on any atom is -0.444 e. The van der Waals surface area contributed by atoms with Crippen molar-refractivity contribution in [2.45, 2.75) is 0 Å². The summed E-state index contributed by atoms with van der Waals surface area (Å²) in [6.45, 7) is 0. The van der Waals surface area contributed by atoms with Crippen molar-refractivity contribution in [2.75, 3.05) is 0 Å². The van der Waals surface area contributed by atoms with Crippen LogP contribution in [0, 0.1) is 0 Å². The van der Waals surface area contributed by atoms with Gasteiger partial charge in [0.15, 0.2) is 10.4 Å². The number of carbonyl (C=O) groups is 2. The van der Waals surface area contributed by atoms with Crippen LogP contribution in [0.1, 0.15) is 26.5 Å². The zero-order valence-electron chi connectivity index (χ0n) is 13.7. The van der Waals surface area contributed by atoms with Crippen LogP contribution in [0.3, 0.4) is 0 Å². The Morgan fingerprint density at radius 3 is 2.30 bits per heavy atom. The molecule has 1 amide bonds. The van der Waals surface area contributed by atoms with Crippen molar-refractivity contribution in [1.29, 1.82) is 0 Å². The topological polar surface area (TPSA) is 80.9 Å². The van der Waals surface area contributed by atoms with Crippen molar-refractivity contribution in [2.24, 2.45) is 5.10 Å². The molecular formula is C19H12Br2N2O4. The first-order valence-electron chi connectivity index (χ1n) is 7.68. The van der Waals surface area contributed by atoms with Crippen molar-refractivity contribution in [3.63, 3.8) is 0 Å². The molecule has 0 radical (unpaired) electrons. The molecule has 0 saturated carbocycles. The van der Waals surface area contributed by atoms with Gasteiger partial charge in [0, 0.05) is 4.47 Å². The van der Waals surface area contributed by atoms with Gasteiger partial charge in [-0.25, -0.2) is 10.2 Å². The van der Waals surface area contributed by atoms with Gasteiger partial charge in [-0.1, -0.05) is 15.9 Å². The molecule has 2 aromatic carbocycles. The normalized spacial score (nSPS) is 10.7. The Balaban J connectivity index is 1.56. The molecule has 0 atom stereocenters. The SMILES string of the molecule is O=C(Oc1ccc(C=NNC(=O)c2ccc(Br)o2)cc1)c1ccc(Br)cc1. The van der Waals surface area contributed by atoms with E-state index >= 15 is 0 Å². The molecule has 0 aliphatic carbocycles. The van der Waals surface area contributed by atoms with Crippen LogP contribution in [0.15, 0.2) is 79.3 Å². The number of hydrazone groups is 1. The molecule has 136 valence electrons. The molecule has 1 N–H and O–H groups in total. The molecule has 0 fully saturated rings. The number of esters is 1. The summed E-state index contributed by atoms with van der Waals surface area (Å²) in [5.74, 6) is -0.350. The molecule has 0 aliphatic heterocycles. The first kappa shape index (κ1) is 19.1. The number of amides is 1. The molecule has 3 aromatic rings. The minimum atomic E-state index is -0.461. The van der Waals surface area contributed by atoms with E-state index in [0.717, 1.165) is 10.0 Å². The zero-order chi connectivity index (χ0) is 19.2. The molecule has 6 nitrogen and oxygen atoms in total. The summed E-state index contributed by atoms with van der Waals surface area (Å²) in [7, 11) is 0. The number of hydrogen-bond acceptors (Lipinski definition) is 5. The lowest BCUT2D eigenvalue weighted by molar-refractivity contribution is 0.0734. The van der Waals surface area contributed by atoms with Crippen molar-refractivity contribution in [1.82, 2.24) is 5.43 Å². The fraction of sp³-hybridized carbons (Fsp3) is 0. The predicted molar refractivity (Wildman–Crippen MR) is 107 cm³/mol. The monoisotopic (exact) mass is 490 g/mol. The number of rotatable bonds is 5. The standard InChI is InChI=1S/C19H12Br2N2O4/c20-14-5-3-13(4-6-14)19(25)26-15-7-1-12(2-8-15)11-22-23-18(24)16-9-10-17(21)27-16/h1-11H,(H,23,24). The molecule has 0 saturated heterocycles. The average molecular weight is 492 g/mol. The van der Waals surface area contributed by atoms with E-state index in [9.17, 15) is 9.59 Å². The third kappa shape index (κ3) is 5.38. The summed E-state index contributed by atoms with van der Waals surface area (Å²) in [4.78, 5) is 23.8. The van der Waals surface area contributed by atoms with Crippen LogP contribution >= 0.6 is 31.9 Å². The van der Waals surface area contributed by atoms with E-state index < -0.39 is 11.9 Å². The lowest BCUT2D eigenvalue weighted by atomic mass is 10.2. The molecule has 0 bridgehead atoms. The number of ether oxygens (including phenoxy) is 1. The van der Waals surface area contributed by atoms with E-state index in [0.29, 0.717) is 16.0 Å². The molecule has 1 heterocycles. The highest BCUT2D eigenvalue weighted by atomic mass is 79.9. The molecule has 0 unspecified atom stereocenters. The van der Waals surface area contributed by atoms with Crippen LogP contribution in [0.2, 0.25) is 0 Å². The van der Waals surface area contributed by atoms with Crippen LogP contribution in [-0.2, 0) is 0 Å². The van der Waals surface area contributed by atoms with Gasteiger partial charge in [0.25, 0.3) is 0 Å². The third-order valence-corrected chi connectivity index (χ3v) is 4.30. The maximum Gasteiger partial charge on any atom is 0.343 e. The highest BCUT2D eigenvalue weighted by molar-refractivity contribution is 9.10. The molecular weight excluding hydrogens is 480 g/mol. The van der Waals surface area contributed by atoms with E-state index in [1.165, 1.54) is 12.3 Å². The Morgan fingerprint density at radius 1 is 0.963 bits per heavy atom. The van der Waals surface area contributed by atoms with Crippen molar-refractivity contribution in [3.05, 3.63) is 86.7 Å². The number of nitrogens with one attached hydrogen (secondary N) is 1. The van der Waals surface area contributed by atoms with E-state index in [-0.39, 0.29) is 5.76 Å². The number of benzene rings is 2. The second-order valence-electron chi connectivity index (χ2n) is 5.27. The van der Waals surface area contributed by atoms with Crippen molar-refractivity contribution < 1.29 is 18.7 Å². The number of furan rings is 1. The summed E-state index contributed by atoms with van der Waals surface area (Å²) in [6, 6.07) is 16.7. The second kappa shape index (κ2) is 8.79. The van der Waals surface area contributed by atoms with Gasteiger partial charge in [0.2, 0.25) is 0 Å². The Kier molecular flexibility index (Phi) is 6.20. The van der Waals surface area contributed by atoms with Crippen LogP contribution in [0.5, 0.6) is 5.75 Å². The van der Waals surface area contributed by atoms with E-state index in [1.807, 2.05) is 0 Å². The average Bonchev–Trinajstić information content (AvgIpc) is 3.10. The van der Waals surface area contributed by atoms with Gasteiger partial charge in [-0.05, 0) is 82.2 Å². The molecule has 8 heteroatoms. The van der Waals surface area contributed by atoms with Gasteiger partial charge in [-0.15, -0.1) is 0 Å². The first-order chi connectivity index (χ1) is 13.0. The molecule has 27 heavy (non-hydrogen) atoms. The van der Waals surface area contributed by atoms with Crippen molar-refractivity contribution >= 4 is 50.0 Å². The zero-order valence-corrected chi connectivity index (χ0v) is 16.9. The Bertz CT molecular complexity index is 980. The van der Waals surface area contributed by atoms with E-state index in [2.05, 4.69) is 42.4 Å². The van der Waals surface area contributed by atoms with Gasteiger partial charge in [0.1, 0.15) is 5.75 Å². The van der Waals surface area contributed by atoms with E-state index in [4.69, 9.17) is 9.15 Å². The smallest absolute Gasteiger partial charge is 0.343 e. The van der Waals surface area contributed by atoms with Crippen LogP contribution in [0.4, 0.5) is 0 Å². The second-order valence-corrected chi connectivity index (χ2v) is 6.97.